The molecule has 2 aliphatic heterocycles. The number of nitriles is 1. The topological polar surface area (TPSA) is 117 Å². The van der Waals surface area contributed by atoms with Gasteiger partial charge in [0, 0.05) is 42.0 Å². The first-order valence-corrected chi connectivity index (χ1v) is 13.5. The lowest BCUT2D eigenvalue weighted by atomic mass is 9.91. The van der Waals surface area contributed by atoms with Gasteiger partial charge in [-0.2, -0.15) is 5.26 Å². The normalized spacial score (nSPS) is 15.4. The molecule has 2 aliphatic rings. The van der Waals surface area contributed by atoms with E-state index >= 15 is 0 Å². The Labute approximate surface area is 231 Å². The van der Waals surface area contributed by atoms with Gasteiger partial charge >= 0.3 is 6.09 Å². The maximum atomic E-state index is 14.9. The van der Waals surface area contributed by atoms with Crippen LogP contribution in [0.5, 0.6) is 5.88 Å². The Kier molecular flexibility index (Phi) is 6.97. The number of fused-ring (bicyclic) bond motifs is 4. The number of rotatable bonds is 6. The maximum Gasteiger partial charge on any atom is 0.409 e. The summed E-state index contributed by atoms with van der Waals surface area (Å²) in [7, 11) is 0. The van der Waals surface area contributed by atoms with E-state index in [2.05, 4.69) is 10.2 Å². The molecule has 1 saturated heterocycles. The molecule has 0 bridgehead atoms. The number of ether oxygens (including phenoxy) is 3. The summed E-state index contributed by atoms with van der Waals surface area (Å²) in [4.78, 5) is 18.3. The zero-order valence-electron chi connectivity index (χ0n) is 20.6. The van der Waals surface area contributed by atoms with Crippen molar-refractivity contribution >= 4 is 55.0 Å². The van der Waals surface area contributed by atoms with Gasteiger partial charge in [0.1, 0.15) is 23.5 Å². The number of thiophene rings is 1. The van der Waals surface area contributed by atoms with Crippen LogP contribution in [-0.2, 0) is 22.7 Å². The molecular formula is C27H22ClFN4O5S. The third kappa shape index (κ3) is 4.64. The number of aromatic nitrogens is 1. The molecule has 4 heterocycles. The number of carbonyl (C=O) groups is 1. The third-order valence-electron chi connectivity index (χ3n) is 6.93. The molecule has 0 saturated carbocycles. The van der Waals surface area contributed by atoms with Crippen LogP contribution in [0.1, 0.15) is 16.7 Å². The van der Waals surface area contributed by atoms with E-state index < -0.39 is 11.9 Å². The Morgan fingerprint density at radius 1 is 1.23 bits per heavy atom. The number of halogens is 2. The lowest BCUT2D eigenvalue weighted by Crippen LogP contribution is -2.38. The van der Waals surface area contributed by atoms with Gasteiger partial charge in [-0.15, -0.1) is 11.3 Å². The Morgan fingerprint density at radius 2 is 2.03 bits per heavy atom. The number of hydrogen-bond donors (Lipinski definition) is 2. The minimum atomic E-state index is -1.34. The lowest BCUT2D eigenvalue weighted by molar-refractivity contribution is 0.0320. The van der Waals surface area contributed by atoms with Gasteiger partial charge in [0.25, 0.3) is 0 Å². The standard InChI is InChI=1S/C27H22ClFN4O5S/c28-23-21(15-1-3-19(29)25-22(15)16(11-30)26(39-25)32-27(34)35)18-13-37-12-17(18)14-2-4-20(31-24(14)23)38-10-7-33-5-8-36-9-6-33/h1-4,32H,5-10,12-13H2,(H,34,35). The van der Waals surface area contributed by atoms with Crippen molar-refractivity contribution in [3.05, 3.63) is 51.8 Å². The Balaban J connectivity index is 1.47. The Bertz CT molecular complexity index is 1660. The van der Waals surface area contributed by atoms with Crippen LogP contribution >= 0.6 is 22.9 Å². The van der Waals surface area contributed by atoms with Gasteiger partial charge < -0.3 is 19.3 Å². The average molecular weight is 569 g/mol. The fourth-order valence-corrected chi connectivity index (χ4v) is 6.56. The summed E-state index contributed by atoms with van der Waals surface area (Å²) in [6.07, 6.45) is -1.34. The van der Waals surface area contributed by atoms with E-state index in [0.29, 0.717) is 59.4 Å². The molecule has 2 aromatic heterocycles. The Morgan fingerprint density at radius 3 is 2.79 bits per heavy atom. The van der Waals surface area contributed by atoms with Gasteiger partial charge in [0.2, 0.25) is 5.88 Å². The first kappa shape index (κ1) is 25.7. The number of hydrogen-bond acceptors (Lipinski definition) is 8. The average Bonchev–Trinajstić information content (AvgIpc) is 3.56. The van der Waals surface area contributed by atoms with Crippen LogP contribution in [-0.4, -0.2) is 60.5 Å². The number of morpholine rings is 1. The SMILES string of the molecule is N#Cc1c(NC(=O)O)sc2c(F)ccc(-c3c4c(c5ccc(OCCN6CCOCC6)nc5c3Cl)COC4)c12. The molecule has 1 amide bonds. The number of nitrogens with zero attached hydrogens (tertiary/aromatic N) is 3. The van der Waals surface area contributed by atoms with Crippen molar-refractivity contribution in [2.45, 2.75) is 13.2 Å². The third-order valence-corrected chi connectivity index (χ3v) is 8.42. The van der Waals surface area contributed by atoms with Crippen molar-refractivity contribution in [2.24, 2.45) is 0 Å². The van der Waals surface area contributed by atoms with Crippen LogP contribution in [0.25, 0.3) is 32.1 Å². The molecule has 2 aromatic carbocycles. The second-order valence-corrected chi connectivity index (χ2v) is 10.5. The molecule has 1 fully saturated rings. The smallest absolute Gasteiger partial charge is 0.409 e. The highest BCUT2D eigenvalue weighted by atomic mass is 35.5. The van der Waals surface area contributed by atoms with Gasteiger partial charge in [-0.25, -0.2) is 14.2 Å². The maximum absolute atomic E-state index is 14.9. The number of amides is 1. The molecule has 0 radical (unpaired) electrons. The van der Waals surface area contributed by atoms with Crippen LogP contribution in [0.2, 0.25) is 5.02 Å². The van der Waals surface area contributed by atoms with Gasteiger partial charge in [-0.05, 0) is 28.8 Å². The molecule has 0 aliphatic carbocycles. The minimum Gasteiger partial charge on any atom is -0.476 e. The summed E-state index contributed by atoms with van der Waals surface area (Å²) in [6.45, 7) is 4.97. The molecule has 0 atom stereocenters. The molecule has 12 heteroatoms. The highest BCUT2D eigenvalue weighted by molar-refractivity contribution is 7.23. The Hall–Kier alpha value is -3.53. The molecule has 39 heavy (non-hydrogen) atoms. The van der Waals surface area contributed by atoms with Crippen molar-refractivity contribution in [3.8, 4) is 23.1 Å². The molecular weight excluding hydrogens is 547 g/mol. The molecule has 0 unspecified atom stereocenters. The predicted molar refractivity (Wildman–Crippen MR) is 145 cm³/mol. The summed E-state index contributed by atoms with van der Waals surface area (Å²) >= 11 is 7.90. The van der Waals surface area contributed by atoms with Crippen molar-refractivity contribution in [3.63, 3.8) is 0 Å². The van der Waals surface area contributed by atoms with E-state index in [-0.39, 0.29) is 21.9 Å². The number of benzene rings is 2. The van der Waals surface area contributed by atoms with Crippen molar-refractivity contribution < 1.29 is 28.5 Å². The van der Waals surface area contributed by atoms with Crippen LogP contribution in [0.15, 0.2) is 24.3 Å². The molecule has 6 rings (SSSR count). The van der Waals surface area contributed by atoms with E-state index in [0.717, 1.165) is 47.5 Å². The van der Waals surface area contributed by atoms with Crippen molar-refractivity contribution in [1.82, 2.24) is 9.88 Å². The summed E-state index contributed by atoms with van der Waals surface area (Å²) in [5.41, 5.74) is 3.36. The minimum absolute atomic E-state index is 0.0314. The molecule has 4 aromatic rings. The predicted octanol–water partition coefficient (Wildman–Crippen LogP) is 5.61. The van der Waals surface area contributed by atoms with Crippen LogP contribution < -0.4 is 10.1 Å². The van der Waals surface area contributed by atoms with E-state index in [4.69, 9.17) is 30.8 Å². The number of pyridine rings is 1. The zero-order chi connectivity index (χ0) is 27.1. The van der Waals surface area contributed by atoms with E-state index in [1.807, 2.05) is 18.2 Å². The zero-order valence-corrected chi connectivity index (χ0v) is 22.1. The molecule has 2 N–H and O–H groups in total. The van der Waals surface area contributed by atoms with Gasteiger partial charge in [0.05, 0.1) is 47.2 Å². The number of carboxylic acid groups (broad SMARTS) is 1. The van der Waals surface area contributed by atoms with E-state index in [1.54, 1.807) is 6.07 Å². The lowest BCUT2D eigenvalue weighted by Gasteiger charge is -2.26. The van der Waals surface area contributed by atoms with Crippen molar-refractivity contribution in [1.29, 1.82) is 5.26 Å². The summed E-state index contributed by atoms with van der Waals surface area (Å²) in [5, 5.41) is 22.9. The monoisotopic (exact) mass is 568 g/mol. The van der Waals surface area contributed by atoms with Gasteiger partial charge in [-0.3, -0.25) is 10.2 Å². The van der Waals surface area contributed by atoms with Crippen LogP contribution in [0.4, 0.5) is 14.2 Å². The first-order valence-electron chi connectivity index (χ1n) is 12.3. The molecule has 0 spiro atoms. The van der Waals surface area contributed by atoms with Crippen LogP contribution in [0, 0.1) is 17.1 Å². The highest BCUT2D eigenvalue weighted by Gasteiger charge is 2.28. The summed E-state index contributed by atoms with van der Waals surface area (Å²) in [5.74, 6) is -0.138. The summed E-state index contributed by atoms with van der Waals surface area (Å²) < 4.78 is 32.2. The number of anilines is 1. The van der Waals surface area contributed by atoms with Crippen LogP contribution in [0.3, 0.4) is 0 Å². The number of nitrogens with one attached hydrogen (secondary N) is 1. The van der Waals surface area contributed by atoms with Gasteiger partial charge in [0.15, 0.2) is 0 Å². The fourth-order valence-electron chi connectivity index (χ4n) is 5.13. The largest absolute Gasteiger partial charge is 0.476 e. The van der Waals surface area contributed by atoms with Crippen molar-refractivity contribution in [2.75, 3.05) is 44.8 Å². The van der Waals surface area contributed by atoms with Gasteiger partial charge in [-0.1, -0.05) is 17.7 Å². The quantitative estimate of drug-likeness (QED) is 0.308. The highest BCUT2D eigenvalue weighted by Crippen LogP contribution is 2.48. The fraction of sp³-hybridized carbons (Fsp3) is 0.296. The van der Waals surface area contributed by atoms with E-state index in [1.165, 1.54) is 6.07 Å². The second kappa shape index (κ2) is 10.6. The molecule has 200 valence electrons. The summed E-state index contributed by atoms with van der Waals surface area (Å²) in [6, 6.07) is 8.61. The molecule has 9 nitrogen and oxygen atoms in total. The first-order chi connectivity index (χ1) is 19.0. The van der Waals surface area contributed by atoms with E-state index in [9.17, 15) is 19.6 Å². The second-order valence-electron chi connectivity index (χ2n) is 9.13.